The minimum absolute atomic E-state index is 0.0956. The second-order valence-electron chi connectivity index (χ2n) is 7.75. The summed E-state index contributed by atoms with van der Waals surface area (Å²) < 4.78 is 17.1. The summed E-state index contributed by atoms with van der Waals surface area (Å²) in [6.07, 6.45) is 2.55. The smallest absolute Gasteiger partial charge is 0.308 e. The van der Waals surface area contributed by atoms with Crippen molar-refractivity contribution in [3.8, 4) is 0 Å². The van der Waals surface area contributed by atoms with Gasteiger partial charge in [-0.1, -0.05) is 24.9 Å². The molecule has 0 saturated carbocycles. The van der Waals surface area contributed by atoms with E-state index in [0.717, 1.165) is 0 Å². The van der Waals surface area contributed by atoms with E-state index in [-0.39, 0.29) is 24.6 Å². The van der Waals surface area contributed by atoms with Gasteiger partial charge in [-0.3, -0.25) is 4.79 Å². The lowest BCUT2D eigenvalue weighted by molar-refractivity contribution is -0.290. The monoisotopic (exact) mass is 348 g/mol. The lowest BCUT2D eigenvalue weighted by atomic mass is 10.1. The first kappa shape index (κ1) is 19.7. The van der Waals surface area contributed by atoms with E-state index in [2.05, 4.69) is 0 Å². The summed E-state index contributed by atoms with van der Waals surface area (Å²) in [5, 5.41) is 0. The Morgan fingerprint density at radius 2 is 1.95 bits per heavy atom. The third kappa shape index (κ3) is 8.32. The van der Waals surface area contributed by atoms with Crippen molar-refractivity contribution in [2.75, 3.05) is 0 Å². The summed E-state index contributed by atoms with van der Waals surface area (Å²) in [5.74, 6) is -0.970. The lowest BCUT2D eigenvalue weighted by Crippen LogP contribution is -2.45. The van der Waals surface area contributed by atoms with Gasteiger partial charge in [-0.25, -0.2) is 0 Å². The van der Waals surface area contributed by atoms with Crippen LogP contribution in [0.4, 0.5) is 0 Å². The molecule has 4 nitrogen and oxygen atoms in total. The maximum atomic E-state index is 12.0. The SMILES string of the molecule is CC(C)(C)OC(=O)C[C@H]1C[C@@H](/C=C/[Si](C)(C)Cl)OC(C)(C)O1. The largest absolute Gasteiger partial charge is 0.460 e. The third-order valence-electron chi connectivity index (χ3n) is 2.90. The Kier molecular flexibility index (Phi) is 6.29. The van der Waals surface area contributed by atoms with Crippen LogP contribution in [0.2, 0.25) is 13.1 Å². The van der Waals surface area contributed by atoms with Crippen molar-refractivity contribution in [3.63, 3.8) is 0 Å². The fraction of sp³-hybridized carbons (Fsp3) is 0.812. The number of rotatable bonds is 4. The van der Waals surface area contributed by atoms with E-state index in [1.54, 1.807) is 0 Å². The molecule has 0 aromatic carbocycles. The first-order chi connectivity index (χ1) is 9.76. The molecule has 1 aliphatic rings. The van der Waals surface area contributed by atoms with E-state index in [1.807, 2.05) is 59.5 Å². The topological polar surface area (TPSA) is 44.8 Å². The van der Waals surface area contributed by atoms with Crippen molar-refractivity contribution in [1.29, 1.82) is 0 Å². The molecule has 0 aromatic rings. The summed E-state index contributed by atoms with van der Waals surface area (Å²) in [6.45, 7) is 13.4. The van der Waals surface area contributed by atoms with E-state index in [0.29, 0.717) is 6.42 Å². The maximum Gasteiger partial charge on any atom is 0.308 e. The summed E-state index contributed by atoms with van der Waals surface area (Å²) >= 11 is 6.31. The van der Waals surface area contributed by atoms with Crippen LogP contribution in [0, 0.1) is 0 Å². The van der Waals surface area contributed by atoms with Gasteiger partial charge in [-0.15, -0.1) is 0 Å². The van der Waals surface area contributed by atoms with Crippen LogP contribution in [0.5, 0.6) is 0 Å². The van der Waals surface area contributed by atoms with Crippen LogP contribution in [0.25, 0.3) is 0 Å². The first-order valence-corrected chi connectivity index (χ1v) is 11.8. The fourth-order valence-electron chi connectivity index (χ4n) is 2.30. The highest BCUT2D eigenvalue weighted by atomic mass is 35.6. The van der Waals surface area contributed by atoms with Gasteiger partial charge in [-0.2, -0.15) is 11.1 Å². The highest BCUT2D eigenvalue weighted by molar-refractivity contribution is 7.21. The van der Waals surface area contributed by atoms with Gasteiger partial charge in [0.25, 0.3) is 0 Å². The van der Waals surface area contributed by atoms with E-state index < -0.39 is 18.8 Å². The molecular formula is C16H29ClO4Si. The van der Waals surface area contributed by atoms with Crippen LogP contribution in [0.15, 0.2) is 11.8 Å². The Labute approximate surface area is 139 Å². The molecule has 1 saturated heterocycles. The van der Waals surface area contributed by atoms with E-state index >= 15 is 0 Å². The number of hydrogen-bond acceptors (Lipinski definition) is 4. The Bertz CT molecular complexity index is 421. The van der Waals surface area contributed by atoms with E-state index in [1.165, 1.54) is 0 Å². The number of carbonyl (C=O) groups is 1. The predicted octanol–water partition coefficient (Wildman–Crippen LogP) is 4.17. The number of hydrogen-bond donors (Lipinski definition) is 0. The molecule has 0 aliphatic carbocycles. The molecule has 1 heterocycles. The Hall–Kier alpha value is -0.363. The molecule has 1 rings (SSSR count). The van der Waals surface area contributed by atoms with Gasteiger partial charge in [0.2, 0.25) is 0 Å². The number of halogens is 1. The quantitative estimate of drug-likeness (QED) is 0.434. The van der Waals surface area contributed by atoms with Gasteiger partial charge in [0.1, 0.15) is 5.60 Å². The number of carbonyl (C=O) groups excluding carboxylic acids is 1. The Morgan fingerprint density at radius 1 is 1.36 bits per heavy atom. The van der Waals surface area contributed by atoms with Crippen LogP contribution in [-0.2, 0) is 19.0 Å². The standard InChI is InChI=1S/C16H29ClO4Si/c1-15(2,3)21-14(18)11-13-10-12(8-9-22(6,7)17)19-16(4,5)20-13/h8-9,12-13H,10-11H2,1-7H3/b9-8+/t12-,13-/m1/s1. The molecule has 0 bridgehead atoms. The highest BCUT2D eigenvalue weighted by Crippen LogP contribution is 2.30. The summed E-state index contributed by atoms with van der Waals surface area (Å²) in [6, 6.07) is 0. The second kappa shape index (κ2) is 7.03. The van der Waals surface area contributed by atoms with Crippen molar-refractivity contribution >= 4 is 24.4 Å². The summed E-state index contributed by atoms with van der Waals surface area (Å²) in [5.41, 5.74) is 1.57. The van der Waals surface area contributed by atoms with Crippen molar-refractivity contribution in [3.05, 3.63) is 11.8 Å². The molecule has 0 amide bonds. The van der Waals surface area contributed by atoms with Crippen LogP contribution >= 0.6 is 11.1 Å². The lowest BCUT2D eigenvalue weighted by Gasteiger charge is -2.40. The van der Waals surface area contributed by atoms with Crippen molar-refractivity contribution in [1.82, 2.24) is 0 Å². The zero-order valence-corrected chi connectivity index (χ0v) is 16.5. The van der Waals surface area contributed by atoms with Crippen molar-refractivity contribution in [2.24, 2.45) is 0 Å². The summed E-state index contributed by atoms with van der Waals surface area (Å²) in [4.78, 5) is 12.0. The van der Waals surface area contributed by atoms with Crippen molar-refractivity contribution < 1.29 is 19.0 Å². The molecule has 0 radical (unpaired) electrons. The second-order valence-corrected chi connectivity index (χ2v) is 14.1. The van der Waals surface area contributed by atoms with Gasteiger partial charge in [0, 0.05) is 6.42 Å². The molecule has 0 spiro atoms. The molecule has 0 unspecified atom stereocenters. The van der Waals surface area contributed by atoms with Gasteiger partial charge in [0.05, 0.1) is 18.6 Å². The molecular weight excluding hydrogens is 320 g/mol. The van der Waals surface area contributed by atoms with Gasteiger partial charge in [0.15, 0.2) is 13.2 Å². The zero-order chi connectivity index (χ0) is 17.2. The fourth-order valence-corrected chi connectivity index (χ4v) is 3.19. The van der Waals surface area contributed by atoms with Crippen LogP contribution in [0.1, 0.15) is 47.5 Å². The Morgan fingerprint density at radius 3 is 2.45 bits per heavy atom. The minimum Gasteiger partial charge on any atom is -0.460 e. The molecule has 2 atom stereocenters. The molecule has 0 aromatic heterocycles. The average Bonchev–Trinajstić information content (AvgIpc) is 2.20. The Balaban J connectivity index is 2.68. The van der Waals surface area contributed by atoms with Crippen LogP contribution in [0.3, 0.4) is 0 Å². The zero-order valence-electron chi connectivity index (χ0n) is 14.7. The average molecular weight is 349 g/mol. The molecule has 0 N–H and O–H groups in total. The van der Waals surface area contributed by atoms with Gasteiger partial charge >= 0.3 is 5.97 Å². The molecule has 1 fully saturated rings. The molecule has 6 heteroatoms. The third-order valence-corrected chi connectivity index (χ3v) is 4.27. The predicted molar refractivity (Wildman–Crippen MR) is 91.4 cm³/mol. The van der Waals surface area contributed by atoms with E-state index in [4.69, 9.17) is 25.3 Å². The first-order valence-electron chi connectivity index (χ1n) is 7.71. The van der Waals surface area contributed by atoms with E-state index in [9.17, 15) is 4.79 Å². The van der Waals surface area contributed by atoms with Crippen LogP contribution < -0.4 is 0 Å². The summed E-state index contributed by atoms with van der Waals surface area (Å²) in [7, 11) is -1.79. The van der Waals surface area contributed by atoms with Gasteiger partial charge < -0.3 is 14.2 Å². The molecule has 1 aliphatic heterocycles. The normalized spacial score (nSPS) is 26.2. The molecule has 22 heavy (non-hydrogen) atoms. The minimum atomic E-state index is -1.79. The van der Waals surface area contributed by atoms with Crippen LogP contribution in [-0.4, -0.2) is 36.9 Å². The van der Waals surface area contributed by atoms with Gasteiger partial charge in [-0.05, 0) is 34.6 Å². The number of ether oxygens (including phenoxy) is 3. The maximum absolute atomic E-state index is 12.0. The van der Waals surface area contributed by atoms with Crippen molar-refractivity contribution in [2.45, 2.75) is 84.2 Å². The molecule has 128 valence electrons. The number of esters is 1. The highest BCUT2D eigenvalue weighted by Gasteiger charge is 2.36.